The summed E-state index contributed by atoms with van der Waals surface area (Å²) in [4.78, 5) is 14.5. The van der Waals surface area contributed by atoms with Crippen LogP contribution in [0, 0.1) is 5.41 Å². The number of ketones is 1. The molecule has 0 aliphatic carbocycles. The summed E-state index contributed by atoms with van der Waals surface area (Å²) in [5.74, 6) is 0.594. The van der Waals surface area contributed by atoms with Crippen molar-refractivity contribution in [1.82, 2.24) is 10.1 Å². The van der Waals surface area contributed by atoms with Gasteiger partial charge in [0.25, 0.3) is 0 Å². The highest BCUT2D eigenvalue weighted by molar-refractivity contribution is 5.94. The topological polar surface area (TPSA) is 55.6 Å². The van der Waals surface area contributed by atoms with Gasteiger partial charge in [0.2, 0.25) is 0 Å². The van der Waals surface area contributed by atoms with Crippen molar-refractivity contribution in [3.8, 4) is 0 Å². The van der Waals surface area contributed by atoms with Crippen LogP contribution in [0.5, 0.6) is 0 Å². The van der Waals surface area contributed by atoms with Gasteiger partial charge in [-0.1, -0.05) is 49.3 Å². The third kappa shape index (κ3) is 6.80. The molecule has 0 radical (unpaired) electrons. The van der Waals surface area contributed by atoms with Gasteiger partial charge in [-0.3, -0.25) is 4.79 Å². The maximum atomic E-state index is 12.3. The molecular weight excluding hydrogens is 316 g/mol. The SMILES string of the molecule is CN(C)CC(C)(C)CCC(=O)c1cc(COCc2ccccc2)on1. The first-order chi connectivity index (χ1) is 11.9. The van der Waals surface area contributed by atoms with E-state index in [2.05, 4.69) is 23.9 Å². The van der Waals surface area contributed by atoms with Crippen molar-refractivity contribution in [2.45, 2.75) is 39.9 Å². The molecule has 0 saturated heterocycles. The van der Waals surface area contributed by atoms with Crippen LogP contribution in [-0.4, -0.2) is 36.5 Å². The fraction of sp³-hybridized carbons (Fsp3) is 0.500. The summed E-state index contributed by atoms with van der Waals surface area (Å²) in [6.45, 7) is 6.10. The molecule has 1 aromatic carbocycles. The molecule has 136 valence electrons. The number of hydrogen-bond donors (Lipinski definition) is 0. The minimum Gasteiger partial charge on any atom is -0.369 e. The van der Waals surface area contributed by atoms with Crippen LogP contribution in [0.4, 0.5) is 0 Å². The maximum Gasteiger partial charge on any atom is 0.184 e. The van der Waals surface area contributed by atoms with Crippen LogP contribution in [-0.2, 0) is 18.0 Å². The van der Waals surface area contributed by atoms with Crippen molar-refractivity contribution < 1.29 is 14.1 Å². The molecule has 25 heavy (non-hydrogen) atoms. The highest BCUT2D eigenvalue weighted by Gasteiger charge is 2.22. The summed E-state index contributed by atoms with van der Waals surface area (Å²) >= 11 is 0. The van der Waals surface area contributed by atoms with E-state index in [1.54, 1.807) is 6.07 Å². The number of rotatable bonds is 10. The Morgan fingerprint density at radius 1 is 1.20 bits per heavy atom. The summed E-state index contributed by atoms with van der Waals surface area (Å²) in [6.07, 6.45) is 1.29. The van der Waals surface area contributed by atoms with E-state index in [0.717, 1.165) is 18.5 Å². The Bertz CT molecular complexity index is 663. The minimum atomic E-state index is 0.0184. The lowest BCUT2D eigenvalue weighted by Gasteiger charge is -2.27. The largest absolute Gasteiger partial charge is 0.369 e. The second-order valence-corrected chi connectivity index (χ2v) is 7.48. The summed E-state index contributed by atoms with van der Waals surface area (Å²) in [5.41, 5.74) is 1.57. The van der Waals surface area contributed by atoms with Crippen LogP contribution >= 0.6 is 0 Å². The lowest BCUT2D eigenvalue weighted by Crippen LogP contribution is -2.29. The number of nitrogens with zero attached hydrogens (tertiary/aromatic N) is 2. The highest BCUT2D eigenvalue weighted by Crippen LogP contribution is 2.24. The van der Waals surface area contributed by atoms with Gasteiger partial charge in [-0.15, -0.1) is 0 Å². The molecule has 0 spiro atoms. The smallest absolute Gasteiger partial charge is 0.184 e. The number of benzene rings is 1. The Morgan fingerprint density at radius 2 is 1.92 bits per heavy atom. The number of carbonyl (C=O) groups excluding carboxylic acids is 1. The van der Waals surface area contributed by atoms with Gasteiger partial charge in [0.15, 0.2) is 11.5 Å². The molecule has 0 saturated carbocycles. The first kappa shape index (κ1) is 19.3. The van der Waals surface area contributed by atoms with Gasteiger partial charge >= 0.3 is 0 Å². The van der Waals surface area contributed by atoms with E-state index in [9.17, 15) is 4.79 Å². The molecule has 0 bridgehead atoms. The second kappa shape index (κ2) is 8.92. The quantitative estimate of drug-likeness (QED) is 0.611. The normalized spacial score (nSPS) is 11.9. The molecule has 1 heterocycles. The zero-order chi connectivity index (χ0) is 18.3. The predicted octanol–water partition coefficient (Wildman–Crippen LogP) is 3.94. The molecule has 0 fully saturated rings. The van der Waals surface area contributed by atoms with Crippen molar-refractivity contribution in [3.05, 3.63) is 53.4 Å². The van der Waals surface area contributed by atoms with Gasteiger partial charge in [-0.2, -0.15) is 0 Å². The van der Waals surface area contributed by atoms with Crippen LogP contribution in [0.2, 0.25) is 0 Å². The van der Waals surface area contributed by atoms with Crippen LogP contribution in [0.15, 0.2) is 40.9 Å². The number of Topliss-reactive ketones (excluding diaryl/α,β-unsaturated/α-hetero) is 1. The molecule has 0 atom stereocenters. The van der Waals surface area contributed by atoms with Gasteiger partial charge in [0, 0.05) is 19.0 Å². The van der Waals surface area contributed by atoms with Crippen LogP contribution in [0.3, 0.4) is 0 Å². The number of carbonyl (C=O) groups is 1. The second-order valence-electron chi connectivity index (χ2n) is 7.48. The first-order valence-corrected chi connectivity index (χ1v) is 8.61. The van der Waals surface area contributed by atoms with E-state index in [-0.39, 0.29) is 11.2 Å². The van der Waals surface area contributed by atoms with E-state index in [4.69, 9.17) is 9.26 Å². The van der Waals surface area contributed by atoms with E-state index in [1.165, 1.54) is 0 Å². The summed E-state index contributed by atoms with van der Waals surface area (Å²) < 4.78 is 10.8. The molecule has 0 unspecified atom stereocenters. The molecule has 5 nitrogen and oxygen atoms in total. The maximum absolute atomic E-state index is 12.3. The van der Waals surface area contributed by atoms with Crippen molar-refractivity contribution in [2.24, 2.45) is 5.41 Å². The molecular formula is C20H28N2O3. The van der Waals surface area contributed by atoms with Crippen molar-refractivity contribution in [1.29, 1.82) is 0 Å². The zero-order valence-corrected chi connectivity index (χ0v) is 15.6. The Morgan fingerprint density at radius 3 is 2.60 bits per heavy atom. The average molecular weight is 344 g/mol. The summed E-state index contributed by atoms with van der Waals surface area (Å²) in [6, 6.07) is 11.6. The fourth-order valence-electron chi connectivity index (χ4n) is 2.87. The monoisotopic (exact) mass is 344 g/mol. The fourth-order valence-corrected chi connectivity index (χ4v) is 2.87. The molecule has 1 aromatic heterocycles. The standard InChI is InChI=1S/C20H28N2O3/c1-20(2,15-22(3)4)11-10-19(23)18-12-17(25-21-18)14-24-13-16-8-6-5-7-9-16/h5-9,12H,10-11,13-15H2,1-4H3. The molecule has 0 N–H and O–H groups in total. The Labute approximate surface area is 150 Å². The third-order valence-corrected chi connectivity index (χ3v) is 3.97. The summed E-state index contributed by atoms with van der Waals surface area (Å²) in [7, 11) is 4.09. The van der Waals surface area contributed by atoms with E-state index in [1.807, 2.05) is 44.4 Å². The number of aromatic nitrogens is 1. The number of ether oxygens (including phenoxy) is 1. The van der Waals surface area contributed by atoms with Gasteiger partial charge < -0.3 is 14.2 Å². The van der Waals surface area contributed by atoms with Gasteiger partial charge in [0.1, 0.15) is 12.3 Å². The van der Waals surface area contributed by atoms with E-state index < -0.39 is 0 Å². The number of hydrogen-bond acceptors (Lipinski definition) is 5. The minimum absolute atomic E-state index is 0.0184. The Hall–Kier alpha value is -1.98. The Kier molecular flexibility index (Phi) is 6.91. The molecule has 0 amide bonds. The van der Waals surface area contributed by atoms with Gasteiger partial charge in [-0.05, 0) is 31.5 Å². The van der Waals surface area contributed by atoms with Crippen molar-refractivity contribution >= 4 is 5.78 Å². The molecule has 2 rings (SSSR count). The zero-order valence-electron chi connectivity index (χ0n) is 15.6. The van der Waals surface area contributed by atoms with Gasteiger partial charge in [-0.25, -0.2) is 0 Å². The lowest BCUT2D eigenvalue weighted by atomic mass is 9.86. The lowest BCUT2D eigenvalue weighted by molar-refractivity contribution is 0.0878. The highest BCUT2D eigenvalue weighted by atomic mass is 16.5. The first-order valence-electron chi connectivity index (χ1n) is 8.61. The molecule has 0 aliphatic heterocycles. The molecule has 2 aromatic rings. The van der Waals surface area contributed by atoms with Crippen LogP contribution in [0.1, 0.15) is 48.5 Å². The third-order valence-electron chi connectivity index (χ3n) is 3.97. The van der Waals surface area contributed by atoms with Crippen molar-refractivity contribution in [3.63, 3.8) is 0 Å². The van der Waals surface area contributed by atoms with Crippen molar-refractivity contribution in [2.75, 3.05) is 20.6 Å². The van der Waals surface area contributed by atoms with E-state index >= 15 is 0 Å². The predicted molar refractivity (Wildman–Crippen MR) is 97.3 cm³/mol. The summed E-state index contributed by atoms with van der Waals surface area (Å²) in [5, 5.41) is 3.89. The van der Waals surface area contributed by atoms with E-state index in [0.29, 0.717) is 31.1 Å². The van der Waals surface area contributed by atoms with Crippen LogP contribution < -0.4 is 0 Å². The average Bonchev–Trinajstić information content (AvgIpc) is 3.01. The molecule has 5 heteroatoms. The van der Waals surface area contributed by atoms with Gasteiger partial charge in [0.05, 0.1) is 6.61 Å². The van der Waals surface area contributed by atoms with Crippen LogP contribution in [0.25, 0.3) is 0 Å². The molecule has 0 aliphatic rings. The Balaban J connectivity index is 1.78.